The minimum absolute atomic E-state index is 0.257. The van der Waals surface area contributed by atoms with Gasteiger partial charge in [0, 0.05) is 12.0 Å². The normalized spacial score (nSPS) is 16.3. The number of hydrogen-bond donors (Lipinski definition) is 1. The SMILES string of the molecule is CC1=C(C=CC#Cc2ccc(CCCCCC(=O)O)cc2)C(C)(C)CCC1. The molecule has 0 bridgehead atoms. The lowest BCUT2D eigenvalue weighted by Gasteiger charge is -2.32. The number of hydrogen-bond acceptors (Lipinski definition) is 1. The Morgan fingerprint density at radius 3 is 2.59 bits per heavy atom. The van der Waals surface area contributed by atoms with Crippen molar-refractivity contribution >= 4 is 5.97 Å². The van der Waals surface area contributed by atoms with Crippen molar-refractivity contribution < 1.29 is 9.90 Å². The average Bonchev–Trinajstić information content (AvgIpc) is 2.61. The zero-order valence-corrected chi connectivity index (χ0v) is 17.0. The van der Waals surface area contributed by atoms with E-state index >= 15 is 0 Å². The predicted octanol–water partition coefficient (Wildman–Crippen LogP) is 6.31. The van der Waals surface area contributed by atoms with Crippen LogP contribution < -0.4 is 0 Å². The molecule has 0 unspecified atom stereocenters. The number of carboxylic acid groups (broad SMARTS) is 1. The van der Waals surface area contributed by atoms with Gasteiger partial charge in [-0.15, -0.1) is 0 Å². The van der Waals surface area contributed by atoms with Crippen molar-refractivity contribution in [1.82, 2.24) is 0 Å². The van der Waals surface area contributed by atoms with E-state index in [9.17, 15) is 4.79 Å². The Morgan fingerprint density at radius 1 is 1.19 bits per heavy atom. The molecule has 0 atom stereocenters. The van der Waals surface area contributed by atoms with Crippen LogP contribution >= 0.6 is 0 Å². The molecule has 0 aromatic heterocycles. The van der Waals surface area contributed by atoms with Crippen LogP contribution in [0.4, 0.5) is 0 Å². The summed E-state index contributed by atoms with van der Waals surface area (Å²) in [6.07, 6.45) is 11.9. The van der Waals surface area contributed by atoms with Crippen molar-refractivity contribution in [2.24, 2.45) is 5.41 Å². The van der Waals surface area contributed by atoms with Crippen molar-refractivity contribution in [2.75, 3.05) is 0 Å². The highest BCUT2D eigenvalue weighted by Gasteiger charge is 2.26. The molecular weight excluding hydrogens is 332 g/mol. The van der Waals surface area contributed by atoms with E-state index in [2.05, 4.69) is 63.0 Å². The third-order valence-corrected chi connectivity index (χ3v) is 5.40. The fraction of sp³-hybridized carbons (Fsp3) is 0.480. The number of aryl methyl sites for hydroxylation is 1. The summed E-state index contributed by atoms with van der Waals surface area (Å²) < 4.78 is 0. The standard InChI is InChI=1S/C25H32O2/c1-20-10-9-19-25(2,3)23(20)13-8-7-12-22-17-15-21(16-18-22)11-5-4-6-14-24(26)27/h8,13,15-18H,4-6,9-11,14,19H2,1-3H3,(H,26,27). The monoisotopic (exact) mass is 364 g/mol. The highest BCUT2D eigenvalue weighted by atomic mass is 16.4. The molecule has 144 valence electrons. The van der Waals surface area contributed by atoms with Crippen LogP contribution in [0, 0.1) is 17.3 Å². The van der Waals surface area contributed by atoms with Gasteiger partial charge < -0.3 is 5.11 Å². The van der Waals surface area contributed by atoms with Gasteiger partial charge in [0.15, 0.2) is 0 Å². The maximum Gasteiger partial charge on any atom is 0.303 e. The van der Waals surface area contributed by atoms with E-state index in [1.165, 1.54) is 36.0 Å². The zero-order chi connectivity index (χ0) is 19.7. The molecule has 0 aliphatic heterocycles. The summed E-state index contributed by atoms with van der Waals surface area (Å²) in [5.41, 5.74) is 5.52. The smallest absolute Gasteiger partial charge is 0.303 e. The molecule has 2 heteroatoms. The van der Waals surface area contributed by atoms with E-state index in [1.807, 2.05) is 6.08 Å². The first-order valence-corrected chi connectivity index (χ1v) is 10.1. The maximum atomic E-state index is 10.5. The Kier molecular flexibility index (Phi) is 7.92. The number of rotatable bonds is 7. The lowest BCUT2D eigenvalue weighted by Crippen LogP contribution is -2.18. The van der Waals surface area contributed by atoms with Crippen molar-refractivity contribution in [3.05, 3.63) is 58.7 Å². The number of carbonyl (C=O) groups is 1. The second-order valence-corrected chi connectivity index (χ2v) is 8.19. The number of aliphatic carboxylic acids is 1. The van der Waals surface area contributed by atoms with Gasteiger partial charge in [-0.2, -0.15) is 0 Å². The fourth-order valence-corrected chi connectivity index (χ4v) is 3.80. The molecule has 0 amide bonds. The third-order valence-electron chi connectivity index (χ3n) is 5.40. The molecule has 1 N–H and O–H groups in total. The molecule has 0 saturated heterocycles. The van der Waals surface area contributed by atoms with E-state index in [-0.39, 0.29) is 11.8 Å². The van der Waals surface area contributed by atoms with Gasteiger partial charge in [-0.05, 0) is 80.2 Å². The largest absolute Gasteiger partial charge is 0.481 e. The van der Waals surface area contributed by atoms with Gasteiger partial charge in [0.05, 0.1) is 0 Å². The van der Waals surface area contributed by atoms with Crippen LogP contribution in [0.5, 0.6) is 0 Å². The van der Waals surface area contributed by atoms with Crippen molar-refractivity contribution in [3.63, 3.8) is 0 Å². The Labute approximate surface area is 164 Å². The Bertz CT molecular complexity index is 752. The first-order chi connectivity index (χ1) is 12.9. The van der Waals surface area contributed by atoms with Crippen LogP contribution in [0.2, 0.25) is 0 Å². The van der Waals surface area contributed by atoms with Gasteiger partial charge in [-0.3, -0.25) is 4.79 Å². The summed E-state index contributed by atoms with van der Waals surface area (Å²) >= 11 is 0. The van der Waals surface area contributed by atoms with E-state index < -0.39 is 5.97 Å². The van der Waals surface area contributed by atoms with Crippen molar-refractivity contribution in [1.29, 1.82) is 0 Å². The molecule has 0 spiro atoms. The summed E-state index contributed by atoms with van der Waals surface area (Å²) in [4.78, 5) is 10.5. The highest BCUT2D eigenvalue weighted by molar-refractivity contribution is 5.66. The molecule has 1 aromatic carbocycles. The third kappa shape index (κ3) is 7.10. The van der Waals surface area contributed by atoms with Gasteiger partial charge in [0.2, 0.25) is 0 Å². The molecule has 1 aromatic rings. The number of carboxylic acids is 1. The molecule has 1 aliphatic carbocycles. The molecule has 0 fully saturated rings. The van der Waals surface area contributed by atoms with E-state index in [0.717, 1.165) is 31.2 Å². The summed E-state index contributed by atoms with van der Waals surface area (Å²) in [5, 5.41) is 8.64. The van der Waals surface area contributed by atoms with Crippen molar-refractivity contribution in [3.8, 4) is 11.8 Å². The summed E-state index contributed by atoms with van der Waals surface area (Å²) in [5.74, 6) is 5.69. The molecule has 0 heterocycles. The molecule has 2 rings (SSSR count). The summed E-state index contributed by atoms with van der Waals surface area (Å²) in [6.45, 7) is 6.89. The van der Waals surface area contributed by atoms with Crippen LogP contribution in [0.1, 0.15) is 76.8 Å². The second-order valence-electron chi connectivity index (χ2n) is 8.19. The molecule has 1 aliphatic rings. The van der Waals surface area contributed by atoms with Gasteiger partial charge >= 0.3 is 5.97 Å². The fourth-order valence-electron chi connectivity index (χ4n) is 3.80. The number of unbranched alkanes of at least 4 members (excludes halogenated alkanes) is 2. The molecule has 2 nitrogen and oxygen atoms in total. The lowest BCUT2D eigenvalue weighted by molar-refractivity contribution is -0.137. The summed E-state index contributed by atoms with van der Waals surface area (Å²) in [6, 6.07) is 8.40. The number of allylic oxidation sites excluding steroid dienone is 4. The first-order valence-electron chi connectivity index (χ1n) is 10.1. The van der Waals surface area contributed by atoms with Gasteiger partial charge in [-0.25, -0.2) is 0 Å². The average molecular weight is 365 g/mol. The maximum absolute atomic E-state index is 10.5. The van der Waals surface area contributed by atoms with Gasteiger partial charge in [0.25, 0.3) is 0 Å². The van der Waals surface area contributed by atoms with Gasteiger partial charge in [0.1, 0.15) is 0 Å². The first kappa shape index (κ1) is 21.0. The van der Waals surface area contributed by atoms with Gasteiger partial charge in [-0.1, -0.05) is 55.9 Å². The quantitative estimate of drug-likeness (QED) is 0.455. The topological polar surface area (TPSA) is 37.3 Å². The van der Waals surface area contributed by atoms with Crippen LogP contribution in [-0.4, -0.2) is 11.1 Å². The Balaban J connectivity index is 1.86. The van der Waals surface area contributed by atoms with Crippen LogP contribution in [0.15, 0.2) is 47.6 Å². The second kappa shape index (κ2) is 10.2. The molecule has 27 heavy (non-hydrogen) atoms. The highest BCUT2D eigenvalue weighted by Crippen LogP contribution is 2.40. The predicted molar refractivity (Wildman–Crippen MR) is 113 cm³/mol. The van der Waals surface area contributed by atoms with Crippen molar-refractivity contribution in [2.45, 2.75) is 72.1 Å². The van der Waals surface area contributed by atoms with E-state index in [4.69, 9.17) is 5.11 Å². The van der Waals surface area contributed by atoms with Crippen LogP contribution in [-0.2, 0) is 11.2 Å². The molecule has 0 saturated carbocycles. The zero-order valence-electron chi connectivity index (χ0n) is 17.0. The van der Waals surface area contributed by atoms with Crippen LogP contribution in [0.3, 0.4) is 0 Å². The van der Waals surface area contributed by atoms with E-state index in [1.54, 1.807) is 0 Å². The Hall–Kier alpha value is -2.27. The molecular formula is C25H32O2. The molecule has 0 radical (unpaired) electrons. The number of benzene rings is 1. The minimum atomic E-state index is -0.703. The minimum Gasteiger partial charge on any atom is -0.481 e. The van der Waals surface area contributed by atoms with E-state index in [0.29, 0.717) is 0 Å². The lowest BCUT2D eigenvalue weighted by atomic mass is 9.73. The van der Waals surface area contributed by atoms with Crippen LogP contribution in [0.25, 0.3) is 0 Å². The summed E-state index contributed by atoms with van der Waals surface area (Å²) in [7, 11) is 0. The Morgan fingerprint density at radius 2 is 1.93 bits per heavy atom.